The average molecular weight is 543 g/mol. The van der Waals surface area contributed by atoms with Crippen LogP contribution in [0, 0.1) is 11.8 Å². The fraction of sp³-hybridized carbons (Fsp3) is 0.444. The van der Waals surface area contributed by atoms with Gasteiger partial charge in [-0.1, -0.05) is 50.2 Å². The first-order valence-electron chi connectivity index (χ1n) is 12.6. The fourth-order valence-corrected chi connectivity index (χ4v) is 4.89. The van der Waals surface area contributed by atoms with E-state index in [0.29, 0.717) is 19.3 Å². The Morgan fingerprint density at radius 1 is 1.08 bits per heavy atom. The summed E-state index contributed by atoms with van der Waals surface area (Å²) in [7, 11) is 0. The quantitative estimate of drug-likeness (QED) is 0.285. The highest BCUT2D eigenvalue weighted by Crippen LogP contribution is 2.16. The van der Waals surface area contributed by atoms with Gasteiger partial charge in [-0.2, -0.15) is 0 Å². The molecule has 4 amide bonds. The molecule has 1 fully saturated rings. The molecule has 1 aliphatic heterocycles. The molecule has 204 valence electrons. The van der Waals surface area contributed by atoms with Crippen molar-refractivity contribution < 1.29 is 28.7 Å². The van der Waals surface area contributed by atoms with Crippen LogP contribution in [-0.2, 0) is 36.9 Å². The molecule has 11 heteroatoms. The third-order valence-corrected chi connectivity index (χ3v) is 7.15. The van der Waals surface area contributed by atoms with Crippen molar-refractivity contribution in [2.45, 2.75) is 57.8 Å². The Kier molecular flexibility index (Phi) is 10.8. The number of ether oxygens (including phenoxy) is 1. The minimum absolute atomic E-state index is 0.0502. The van der Waals surface area contributed by atoms with E-state index in [1.165, 1.54) is 11.3 Å². The summed E-state index contributed by atoms with van der Waals surface area (Å²) < 4.78 is 5.26. The van der Waals surface area contributed by atoms with Gasteiger partial charge in [0.15, 0.2) is 0 Å². The zero-order chi connectivity index (χ0) is 27.5. The van der Waals surface area contributed by atoms with E-state index in [4.69, 9.17) is 4.74 Å². The van der Waals surface area contributed by atoms with E-state index in [2.05, 4.69) is 21.3 Å². The van der Waals surface area contributed by atoms with Crippen molar-refractivity contribution in [3.63, 3.8) is 0 Å². The second-order valence-corrected chi connectivity index (χ2v) is 10.6. The summed E-state index contributed by atoms with van der Waals surface area (Å²) in [5.41, 5.74) is 0.806. The van der Waals surface area contributed by atoms with Crippen molar-refractivity contribution in [3.05, 3.63) is 58.3 Å². The van der Waals surface area contributed by atoms with Gasteiger partial charge in [0.1, 0.15) is 25.0 Å². The van der Waals surface area contributed by atoms with Crippen molar-refractivity contribution >= 4 is 41.4 Å². The van der Waals surface area contributed by atoms with Crippen molar-refractivity contribution in [1.82, 2.24) is 21.3 Å². The van der Waals surface area contributed by atoms with Crippen molar-refractivity contribution in [3.8, 4) is 0 Å². The maximum atomic E-state index is 13.2. The highest BCUT2D eigenvalue weighted by molar-refractivity contribution is 7.09. The van der Waals surface area contributed by atoms with Crippen LogP contribution < -0.4 is 21.3 Å². The molecular formula is C27H34N4O6S. The number of hydrogen-bond donors (Lipinski definition) is 4. The molecule has 38 heavy (non-hydrogen) atoms. The van der Waals surface area contributed by atoms with Crippen LogP contribution in [0.2, 0.25) is 0 Å². The smallest absolute Gasteiger partial charge is 0.408 e. The third kappa shape index (κ3) is 8.69. The number of carbonyl (C=O) groups excluding carboxylic acids is 5. The SMILES string of the molecule is CC(C)C(NC(=O)OCc1ccccc1)C(=O)N[C@@H](Cc1cccs1)C(=O)N[C@H](C=O)C[C@@H]1CCNC1=O. The summed E-state index contributed by atoms with van der Waals surface area (Å²) in [6.07, 6.45) is 0.835. The van der Waals surface area contributed by atoms with Gasteiger partial charge in [-0.05, 0) is 35.8 Å². The molecule has 2 heterocycles. The van der Waals surface area contributed by atoms with Crippen LogP contribution in [0.1, 0.15) is 37.1 Å². The van der Waals surface area contributed by atoms with Crippen LogP contribution in [0.25, 0.3) is 0 Å². The lowest BCUT2D eigenvalue weighted by Gasteiger charge is -2.26. The fourth-order valence-electron chi connectivity index (χ4n) is 4.14. The summed E-state index contributed by atoms with van der Waals surface area (Å²) >= 11 is 1.43. The summed E-state index contributed by atoms with van der Waals surface area (Å²) in [4.78, 5) is 63.3. The minimum Gasteiger partial charge on any atom is -0.445 e. The molecule has 0 saturated carbocycles. The lowest BCUT2D eigenvalue weighted by atomic mass is 9.98. The van der Waals surface area contributed by atoms with Gasteiger partial charge in [0.25, 0.3) is 0 Å². The molecule has 1 aromatic carbocycles. The lowest BCUT2D eigenvalue weighted by molar-refractivity contribution is -0.131. The zero-order valence-electron chi connectivity index (χ0n) is 21.5. The molecule has 1 saturated heterocycles. The van der Waals surface area contributed by atoms with Gasteiger partial charge < -0.3 is 30.8 Å². The second kappa shape index (κ2) is 14.3. The monoisotopic (exact) mass is 542 g/mol. The number of hydrogen-bond acceptors (Lipinski definition) is 7. The predicted octanol–water partition coefficient (Wildman–Crippen LogP) is 1.94. The highest BCUT2D eigenvalue weighted by atomic mass is 32.1. The van der Waals surface area contributed by atoms with E-state index >= 15 is 0 Å². The molecule has 1 aromatic heterocycles. The van der Waals surface area contributed by atoms with Gasteiger partial charge in [-0.25, -0.2) is 4.79 Å². The Hall–Kier alpha value is -3.73. The molecular weight excluding hydrogens is 508 g/mol. The molecule has 0 bridgehead atoms. The Balaban J connectivity index is 1.64. The highest BCUT2D eigenvalue weighted by Gasteiger charge is 2.32. The number of aldehydes is 1. The van der Waals surface area contributed by atoms with Crippen LogP contribution in [0.3, 0.4) is 0 Å². The van der Waals surface area contributed by atoms with Crippen LogP contribution in [0.5, 0.6) is 0 Å². The van der Waals surface area contributed by atoms with Crippen molar-refractivity contribution in [2.75, 3.05) is 6.54 Å². The lowest BCUT2D eigenvalue weighted by Crippen LogP contribution is -2.57. The number of carbonyl (C=O) groups is 5. The first kappa shape index (κ1) is 28.8. The molecule has 0 aliphatic carbocycles. The Morgan fingerprint density at radius 2 is 1.84 bits per heavy atom. The van der Waals surface area contributed by atoms with Gasteiger partial charge in [0, 0.05) is 23.8 Å². The number of rotatable bonds is 13. The van der Waals surface area contributed by atoms with Gasteiger partial charge in [0.2, 0.25) is 17.7 Å². The normalized spacial score (nSPS) is 17.1. The topological polar surface area (TPSA) is 143 Å². The molecule has 4 atom stereocenters. The van der Waals surface area contributed by atoms with Crippen LogP contribution in [0.15, 0.2) is 47.8 Å². The molecule has 10 nitrogen and oxygen atoms in total. The molecule has 0 radical (unpaired) electrons. The summed E-state index contributed by atoms with van der Waals surface area (Å²) in [5, 5.41) is 12.6. The third-order valence-electron chi connectivity index (χ3n) is 6.25. The number of amides is 4. The van der Waals surface area contributed by atoms with E-state index in [-0.39, 0.29) is 37.2 Å². The molecule has 1 aliphatic rings. The largest absolute Gasteiger partial charge is 0.445 e. The van der Waals surface area contributed by atoms with Crippen LogP contribution in [-0.4, -0.2) is 54.8 Å². The Morgan fingerprint density at radius 3 is 2.45 bits per heavy atom. The average Bonchev–Trinajstić information content (AvgIpc) is 3.57. The summed E-state index contributed by atoms with van der Waals surface area (Å²) in [6.45, 7) is 4.13. The molecule has 3 rings (SSSR count). The van der Waals surface area contributed by atoms with Gasteiger partial charge in [-0.15, -0.1) is 11.3 Å². The zero-order valence-corrected chi connectivity index (χ0v) is 22.3. The van der Waals surface area contributed by atoms with Gasteiger partial charge in [-0.3, -0.25) is 14.4 Å². The maximum absolute atomic E-state index is 13.2. The predicted molar refractivity (Wildman–Crippen MR) is 142 cm³/mol. The van der Waals surface area contributed by atoms with E-state index in [9.17, 15) is 24.0 Å². The Bertz CT molecular complexity index is 1090. The number of nitrogens with one attached hydrogen (secondary N) is 4. The van der Waals surface area contributed by atoms with Gasteiger partial charge in [0.05, 0.1) is 6.04 Å². The Labute approximate surface area is 225 Å². The molecule has 1 unspecified atom stereocenters. The number of benzene rings is 1. The van der Waals surface area contributed by atoms with Crippen molar-refractivity contribution in [2.24, 2.45) is 11.8 Å². The summed E-state index contributed by atoms with van der Waals surface area (Å²) in [5.74, 6) is -1.89. The minimum atomic E-state index is -0.996. The second-order valence-electron chi connectivity index (χ2n) is 9.54. The van der Waals surface area contributed by atoms with E-state index in [0.717, 1.165) is 10.4 Å². The summed E-state index contributed by atoms with van der Waals surface area (Å²) in [6, 6.07) is 10.0. The van der Waals surface area contributed by atoms with Crippen LogP contribution in [0.4, 0.5) is 4.79 Å². The first-order valence-corrected chi connectivity index (χ1v) is 13.5. The molecule has 0 spiro atoms. The maximum Gasteiger partial charge on any atom is 0.408 e. The van der Waals surface area contributed by atoms with E-state index < -0.39 is 36.0 Å². The molecule has 4 N–H and O–H groups in total. The van der Waals surface area contributed by atoms with E-state index in [1.807, 2.05) is 47.8 Å². The van der Waals surface area contributed by atoms with Crippen LogP contribution >= 0.6 is 11.3 Å². The first-order chi connectivity index (χ1) is 18.3. The number of thiophene rings is 1. The number of alkyl carbamates (subject to hydrolysis) is 1. The standard InChI is InChI=1S/C27H34N4O6S/c1-17(2)23(31-27(36)37-16-18-7-4-3-5-8-18)26(35)30-22(14-21-9-6-12-38-21)25(34)29-20(15-32)13-19-10-11-28-24(19)33/h3-9,12,15,17,19-20,22-23H,10-11,13-14,16H2,1-2H3,(H,28,33)(H,29,34)(H,30,35)(H,31,36)/t19-,20-,22-,23?/m0/s1. The van der Waals surface area contributed by atoms with E-state index in [1.54, 1.807) is 13.8 Å². The molecule has 2 aromatic rings. The van der Waals surface area contributed by atoms with Gasteiger partial charge >= 0.3 is 6.09 Å². The van der Waals surface area contributed by atoms with Crippen molar-refractivity contribution in [1.29, 1.82) is 0 Å².